The standard InChI is InChI=1S/C15H12Cl3N2O5PS/c1-27-15-19-10-5-9(17)13(25-12-4-2-3-8(16)14(12)18)6-11(10)20(15)7-24-26(21,22)23/h2-6H,7H2,1H3,(H2,21,22,23). The number of halogens is 3. The Kier molecular flexibility index (Phi) is 6.30. The van der Waals surface area contributed by atoms with E-state index in [1.54, 1.807) is 36.6 Å². The first kappa shape index (κ1) is 20.8. The third-order valence-electron chi connectivity index (χ3n) is 3.44. The van der Waals surface area contributed by atoms with Gasteiger partial charge in [-0.25, -0.2) is 9.55 Å². The van der Waals surface area contributed by atoms with E-state index in [4.69, 9.17) is 49.3 Å². The van der Waals surface area contributed by atoms with Gasteiger partial charge in [0.05, 0.1) is 21.1 Å². The van der Waals surface area contributed by atoms with E-state index in [0.717, 1.165) is 0 Å². The first-order chi connectivity index (χ1) is 12.7. The van der Waals surface area contributed by atoms with Crippen molar-refractivity contribution in [3.63, 3.8) is 0 Å². The van der Waals surface area contributed by atoms with E-state index in [0.29, 0.717) is 27.0 Å². The van der Waals surface area contributed by atoms with Crippen LogP contribution in [0.4, 0.5) is 0 Å². The molecule has 0 radical (unpaired) electrons. The van der Waals surface area contributed by atoms with E-state index in [2.05, 4.69) is 9.51 Å². The van der Waals surface area contributed by atoms with Crippen molar-refractivity contribution < 1.29 is 23.6 Å². The quantitative estimate of drug-likeness (QED) is 0.360. The number of ether oxygens (including phenoxy) is 1. The second-order valence-electron chi connectivity index (χ2n) is 5.20. The minimum absolute atomic E-state index is 0.235. The molecular weight excluding hydrogens is 458 g/mol. The van der Waals surface area contributed by atoms with Gasteiger partial charge in [0.15, 0.2) is 5.16 Å². The van der Waals surface area contributed by atoms with Gasteiger partial charge in [-0.05, 0) is 24.5 Å². The van der Waals surface area contributed by atoms with Gasteiger partial charge in [0, 0.05) is 6.07 Å². The first-order valence-corrected chi connectivity index (χ1v) is 11.1. The Hall–Kier alpha value is -0.960. The number of nitrogens with zero attached hydrogens (tertiary/aromatic N) is 2. The Morgan fingerprint density at radius 2 is 1.93 bits per heavy atom. The van der Waals surface area contributed by atoms with E-state index in [-0.39, 0.29) is 15.8 Å². The lowest BCUT2D eigenvalue weighted by Gasteiger charge is -2.12. The van der Waals surface area contributed by atoms with Crippen molar-refractivity contribution in [1.82, 2.24) is 9.55 Å². The molecule has 3 aromatic rings. The van der Waals surface area contributed by atoms with Gasteiger partial charge >= 0.3 is 7.82 Å². The minimum atomic E-state index is -4.65. The highest BCUT2D eigenvalue weighted by atomic mass is 35.5. The number of imidazole rings is 1. The van der Waals surface area contributed by atoms with E-state index in [1.165, 1.54) is 16.3 Å². The van der Waals surface area contributed by atoms with Gasteiger partial charge in [-0.3, -0.25) is 9.09 Å². The van der Waals surface area contributed by atoms with Crippen molar-refractivity contribution in [3.8, 4) is 11.5 Å². The molecule has 1 aromatic heterocycles. The van der Waals surface area contributed by atoms with Gasteiger partial charge in [0.2, 0.25) is 0 Å². The molecule has 0 aliphatic rings. The first-order valence-electron chi connectivity index (χ1n) is 7.25. The number of phosphoric acid groups is 1. The van der Waals surface area contributed by atoms with Crippen LogP contribution < -0.4 is 4.74 Å². The summed E-state index contributed by atoms with van der Waals surface area (Å²) in [7, 11) is -4.65. The largest absolute Gasteiger partial charge is 0.471 e. The average Bonchev–Trinajstić information content (AvgIpc) is 2.93. The molecule has 1 heterocycles. The summed E-state index contributed by atoms with van der Waals surface area (Å²) in [5.74, 6) is 0.589. The van der Waals surface area contributed by atoms with Crippen LogP contribution in [0.15, 0.2) is 35.5 Å². The van der Waals surface area contributed by atoms with Crippen molar-refractivity contribution in [3.05, 3.63) is 45.4 Å². The Labute approximate surface area is 173 Å². The number of benzene rings is 2. The highest BCUT2D eigenvalue weighted by molar-refractivity contribution is 7.98. The highest BCUT2D eigenvalue weighted by Gasteiger charge is 2.19. The molecule has 27 heavy (non-hydrogen) atoms. The average molecular weight is 470 g/mol. The topological polar surface area (TPSA) is 93.8 Å². The smallest absolute Gasteiger partial charge is 0.454 e. The molecule has 0 spiro atoms. The van der Waals surface area contributed by atoms with Crippen molar-refractivity contribution in [2.75, 3.05) is 6.26 Å². The van der Waals surface area contributed by atoms with Crippen molar-refractivity contribution in [1.29, 1.82) is 0 Å². The molecule has 0 fully saturated rings. The van der Waals surface area contributed by atoms with Crippen LogP contribution in [0, 0.1) is 0 Å². The molecule has 7 nitrogen and oxygen atoms in total. The van der Waals surface area contributed by atoms with Crippen LogP contribution >= 0.6 is 54.4 Å². The van der Waals surface area contributed by atoms with Crippen molar-refractivity contribution >= 4 is 65.4 Å². The molecule has 2 aromatic carbocycles. The second-order valence-corrected chi connectivity index (χ2v) is 8.41. The number of aromatic nitrogens is 2. The summed E-state index contributed by atoms with van der Waals surface area (Å²) in [6.07, 6.45) is 1.78. The van der Waals surface area contributed by atoms with Crippen LogP contribution in [0.2, 0.25) is 15.1 Å². The molecule has 0 unspecified atom stereocenters. The SMILES string of the molecule is CSc1nc2cc(Cl)c(Oc3cccc(Cl)c3Cl)cc2n1COP(=O)(O)O. The molecule has 2 N–H and O–H groups in total. The number of rotatable bonds is 6. The maximum Gasteiger partial charge on any atom is 0.471 e. The molecule has 0 saturated heterocycles. The molecule has 144 valence electrons. The van der Waals surface area contributed by atoms with E-state index in [9.17, 15) is 4.57 Å². The molecule has 3 rings (SSSR count). The molecule has 0 aliphatic carbocycles. The fraction of sp³-hybridized carbons (Fsp3) is 0.133. The number of hydrogen-bond donors (Lipinski definition) is 2. The number of thioether (sulfide) groups is 1. The summed E-state index contributed by atoms with van der Waals surface area (Å²) in [5.41, 5.74) is 1.04. The third-order valence-corrected chi connectivity index (χ3v) is 5.67. The Morgan fingerprint density at radius 3 is 2.59 bits per heavy atom. The van der Waals surface area contributed by atoms with Crippen LogP contribution in [0.5, 0.6) is 11.5 Å². The van der Waals surface area contributed by atoms with Crippen molar-refractivity contribution in [2.45, 2.75) is 11.9 Å². The number of hydrogen-bond acceptors (Lipinski definition) is 5. The van der Waals surface area contributed by atoms with Crippen LogP contribution in [-0.2, 0) is 15.8 Å². The molecule has 0 amide bonds. The predicted octanol–water partition coefficient (Wildman–Crippen LogP) is 5.58. The van der Waals surface area contributed by atoms with Crippen LogP contribution in [0.1, 0.15) is 0 Å². The molecule has 12 heteroatoms. The summed E-state index contributed by atoms with van der Waals surface area (Å²) >= 11 is 19.7. The van der Waals surface area contributed by atoms with Crippen LogP contribution in [0.3, 0.4) is 0 Å². The summed E-state index contributed by atoms with van der Waals surface area (Å²) in [4.78, 5) is 22.3. The monoisotopic (exact) mass is 468 g/mol. The Morgan fingerprint density at radius 1 is 1.19 bits per heavy atom. The minimum Gasteiger partial charge on any atom is -0.454 e. The third kappa shape index (κ3) is 4.72. The van der Waals surface area contributed by atoms with Crippen LogP contribution in [-0.4, -0.2) is 25.6 Å². The lowest BCUT2D eigenvalue weighted by molar-refractivity contribution is 0.151. The van der Waals surface area contributed by atoms with Crippen molar-refractivity contribution in [2.24, 2.45) is 0 Å². The van der Waals surface area contributed by atoms with E-state index >= 15 is 0 Å². The molecule has 0 atom stereocenters. The summed E-state index contributed by atoms with van der Waals surface area (Å²) in [6.45, 7) is -0.393. The van der Waals surface area contributed by atoms with E-state index in [1.807, 2.05) is 0 Å². The predicted molar refractivity (Wildman–Crippen MR) is 106 cm³/mol. The summed E-state index contributed by atoms with van der Waals surface area (Å²) in [5, 5.41) is 1.34. The zero-order valence-corrected chi connectivity index (χ0v) is 17.6. The van der Waals surface area contributed by atoms with Gasteiger partial charge < -0.3 is 14.5 Å². The second kappa shape index (κ2) is 8.19. The number of phosphoric ester groups is 1. The molecular formula is C15H12Cl3N2O5PS. The Bertz CT molecular complexity index is 1060. The van der Waals surface area contributed by atoms with E-state index < -0.39 is 14.6 Å². The fourth-order valence-corrected chi connectivity index (χ4v) is 3.63. The summed E-state index contributed by atoms with van der Waals surface area (Å²) < 4.78 is 22.9. The normalized spacial score (nSPS) is 11.9. The maximum atomic E-state index is 11.1. The molecule has 0 aliphatic heterocycles. The molecule has 0 saturated carbocycles. The zero-order chi connectivity index (χ0) is 19.8. The number of fused-ring (bicyclic) bond motifs is 1. The van der Waals surface area contributed by atoms with Gasteiger partial charge in [0.25, 0.3) is 0 Å². The lowest BCUT2D eigenvalue weighted by Crippen LogP contribution is -2.02. The van der Waals surface area contributed by atoms with Gasteiger partial charge in [-0.2, -0.15) is 0 Å². The van der Waals surface area contributed by atoms with Gasteiger partial charge in [0.1, 0.15) is 23.3 Å². The van der Waals surface area contributed by atoms with Crippen LogP contribution in [0.25, 0.3) is 11.0 Å². The Balaban J connectivity index is 2.05. The zero-order valence-electron chi connectivity index (χ0n) is 13.6. The van der Waals surface area contributed by atoms with Gasteiger partial charge in [-0.1, -0.05) is 52.6 Å². The lowest BCUT2D eigenvalue weighted by atomic mass is 10.3. The van der Waals surface area contributed by atoms with Gasteiger partial charge in [-0.15, -0.1) is 0 Å². The highest BCUT2D eigenvalue weighted by Crippen LogP contribution is 2.40. The maximum absolute atomic E-state index is 11.1. The summed E-state index contributed by atoms with van der Waals surface area (Å²) in [6, 6.07) is 8.11. The fourth-order valence-electron chi connectivity index (χ4n) is 2.28. The molecule has 0 bridgehead atoms.